The molecule has 1 amide bonds. The van der Waals surface area contributed by atoms with Crippen LogP contribution < -0.4 is 9.73 Å². The van der Waals surface area contributed by atoms with Gasteiger partial charge in [-0.15, -0.1) is 0 Å². The summed E-state index contributed by atoms with van der Waals surface area (Å²) in [6.45, 7) is 1.44. The molecule has 0 bridgehead atoms. The largest absolute Gasteiger partial charge is 0.271 e. The van der Waals surface area contributed by atoms with Gasteiger partial charge in [-0.1, -0.05) is 30.3 Å². The van der Waals surface area contributed by atoms with Gasteiger partial charge in [-0.3, -0.25) is 19.2 Å². The Hall–Kier alpha value is -3.27. The number of para-hydroxylation sites is 1. The van der Waals surface area contributed by atoms with Gasteiger partial charge in [-0.2, -0.15) is 5.10 Å². The van der Waals surface area contributed by atoms with Gasteiger partial charge in [-0.25, -0.2) is 13.8 Å². The highest BCUT2D eigenvalue weighted by molar-refractivity contribution is 7.92. The highest BCUT2D eigenvalue weighted by Gasteiger charge is 2.28. The first-order valence-electron chi connectivity index (χ1n) is 7.82. The minimum Gasteiger partial charge on any atom is -0.271 e. The molecule has 0 aliphatic rings. The van der Waals surface area contributed by atoms with Crippen LogP contribution in [0.3, 0.4) is 0 Å². The molecule has 0 unspecified atom stereocenters. The molecule has 2 aromatic rings. The Kier molecular flexibility index (Phi) is 6.24. The van der Waals surface area contributed by atoms with Crippen molar-refractivity contribution in [3.63, 3.8) is 0 Å². The Morgan fingerprint density at radius 1 is 1.22 bits per heavy atom. The fraction of sp³-hybridized carbons (Fsp3) is 0.176. The molecule has 0 saturated heterocycles. The van der Waals surface area contributed by atoms with E-state index in [4.69, 9.17) is 0 Å². The summed E-state index contributed by atoms with van der Waals surface area (Å²) in [7, 11) is -3.71. The fourth-order valence-corrected chi connectivity index (χ4v) is 3.54. The highest BCUT2D eigenvalue weighted by Crippen LogP contribution is 2.20. The number of non-ortho nitro benzene ring substituents is 1. The second-order valence-electron chi connectivity index (χ2n) is 5.66. The molecule has 1 N–H and O–H groups in total. The molecule has 0 radical (unpaired) electrons. The first kappa shape index (κ1) is 20.0. The fourth-order valence-electron chi connectivity index (χ4n) is 2.37. The number of nitro benzene ring substituents is 1. The van der Waals surface area contributed by atoms with Gasteiger partial charge in [0.25, 0.3) is 11.6 Å². The lowest BCUT2D eigenvalue weighted by atomic mass is 10.2. The molecule has 27 heavy (non-hydrogen) atoms. The molecule has 0 aliphatic heterocycles. The average molecular weight is 390 g/mol. The number of anilines is 1. The third-order valence-electron chi connectivity index (χ3n) is 3.57. The summed E-state index contributed by atoms with van der Waals surface area (Å²) in [4.78, 5) is 22.5. The number of rotatable bonds is 7. The lowest BCUT2D eigenvalue weighted by Crippen LogP contribution is -2.46. The van der Waals surface area contributed by atoms with Crippen molar-refractivity contribution in [3.8, 4) is 0 Å². The third kappa shape index (κ3) is 5.35. The van der Waals surface area contributed by atoms with Gasteiger partial charge in [0, 0.05) is 17.7 Å². The molecule has 9 nitrogen and oxygen atoms in total. The van der Waals surface area contributed by atoms with Gasteiger partial charge in [0.1, 0.15) is 6.04 Å². The lowest BCUT2D eigenvalue weighted by Gasteiger charge is -2.27. The Morgan fingerprint density at radius 2 is 1.89 bits per heavy atom. The van der Waals surface area contributed by atoms with E-state index in [0.717, 1.165) is 10.6 Å². The van der Waals surface area contributed by atoms with Crippen LogP contribution in [-0.2, 0) is 14.8 Å². The standard InChI is InChI=1S/C17H18N4O5S/c1-13(20(27(2,25)26)15-8-4-3-5-9-15)17(22)19-18-12-14-7-6-10-16(11-14)21(23)24/h3-13H,1-2H3,(H,19,22)/b18-12-/t13-/m0/s1. The van der Waals surface area contributed by atoms with E-state index in [2.05, 4.69) is 10.5 Å². The third-order valence-corrected chi connectivity index (χ3v) is 4.81. The van der Waals surface area contributed by atoms with Crippen LogP contribution in [0, 0.1) is 10.1 Å². The number of nitrogens with zero attached hydrogens (tertiary/aromatic N) is 3. The molecule has 0 heterocycles. The maximum Gasteiger partial charge on any atom is 0.270 e. The quantitative estimate of drug-likeness (QED) is 0.439. The van der Waals surface area contributed by atoms with Crippen LogP contribution >= 0.6 is 0 Å². The topological polar surface area (TPSA) is 122 Å². The van der Waals surface area contributed by atoms with E-state index in [1.165, 1.54) is 31.3 Å². The zero-order valence-corrected chi connectivity index (χ0v) is 15.5. The number of sulfonamides is 1. The van der Waals surface area contributed by atoms with E-state index < -0.39 is 26.9 Å². The second-order valence-corrected chi connectivity index (χ2v) is 7.52. The highest BCUT2D eigenvalue weighted by atomic mass is 32.2. The Morgan fingerprint density at radius 3 is 2.48 bits per heavy atom. The molecule has 2 aromatic carbocycles. The molecule has 0 fully saturated rings. The summed E-state index contributed by atoms with van der Waals surface area (Å²) in [5.74, 6) is -0.647. The number of nitrogens with one attached hydrogen (secondary N) is 1. The average Bonchev–Trinajstić information content (AvgIpc) is 2.61. The number of carbonyl (C=O) groups is 1. The van der Waals surface area contributed by atoms with Crippen molar-refractivity contribution >= 4 is 33.5 Å². The van der Waals surface area contributed by atoms with Crippen molar-refractivity contribution in [1.29, 1.82) is 0 Å². The van der Waals surface area contributed by atoms with Crippen molar-refractivity contribution in [2.45, 2.75) is 13.0 Å². The smallest absolute Gasteiger partial charge is 0.270 e. The van der Waals surface area contributed by atoms with E-state index in [1.807, 2.05) is 0 Å². The first-order chi connectivity index (χ1) is 12.7. The Bertz CT molecular complexity index is 960. The van der Waals surface area contributed by atoms with Gasteiger partial charge in [0.15, 0.2) is 0 Å². The van der Waals surface area contributed by atoms with Crippen molar-refractivity contribution in [2.75, 3.05) is 10.6 Å². The zero-order chi connectivity index (χ0) is 20.0. The van der Waals surface area contributed by atoms with Crippen LogP contribution in [0.4, 0.5) is 11.4 Å². The molecular formula is C17H18N4O5S. The lowest BCUT2D eigenvalue weighted by molar-refractivity contribution is -0.384. The van der Waals surface area contributed by atoms with Crippen molar-refractivity contribution in [3.05, 3.63) is 70.3 Å². The van der Waals surface area contributed by atoms with Crippen LogP contribution in [-0.4, -0.2) is 37.8 Å². The molecule has 142 valence electrons. The first-order valence-corrected chi connectivity index (χ1v) is 9.67. The van der Waals surface area contributed by atoms with Crippen LogP contribution in [0.2, 0.25) is 0 Å². The number of hydrogen-bond donors (Lipinski definition) is 1. The maximum absolute atomic E-state index is 12.3. The molecule has 1 atom stereocenters. The second kappa shape index (κ2) is 8.41. The Balaban J connectivity index is 2.14. The number of benzene rings is 2. The number of nitro groups is 1. The molecule has 0 aliphatic carbocycles. The zero-order valence-electron chi connectivity index (χ0n) is 14.6. The van der Waals surface area contributed by atoms with E-state index in [9.17, 15) is 23.3 Å². The van der Waals surface area contributed by atoms with Crippen LogP contribution in [0.25, 0.3) is 0 Å². The molecule has 0 spiro atoms. The van der Waals surface area contributed by atoms with Gasteiger partial charge in [0.2, 0.25) is 10.0 Å². The number of carbonyl (C=O) groups excluding carboxylic acids is 1. The molecule has 10 heteroatoms. The summed E-state index contributed by atoms with van der Waals surface area (Å²) < 4.78 is 25.2. The number of hydrogen-bond acceptors (Lipinski definition) is 6. The summed E-state index contributed by atoms with van der Waals surface area (Å²) in [6, 6.07) is 12.9. The Labute approximate surface area is 156 Å². The molecule has 0 aromatic heterocycles. The van der Waals surface area contributed by atoms with E-state index in [-0.39, 0.29) is 5.69 Å². The van der Waals surface area contributed by atoms with Gasteiger partial charge >= 0.3 is 0 Å². The van der Waals surface area contributed by atoms with Crippen molar-refractivity contribution < 1.29 is 18.1 Å². The van der Waals surface area contributed by atoms with E-state index in [0.29, 0.717) is 11.3 Å². The van der Waals surface area contributed by atoms with Gasteiger partial charge in [-0.05, 0) is 19.1 Å². The van der Waals surface area contributed by atoms with Crippen LogP contribution in [0.1, 0.15) is 12.5 Å². The van der Waals surface area contributed by atoms with Gasteiger partial charge < -0.3 is 0 Å². The van der Waals surface area contributed by atoms with E-state index >= 15 is 0 Å². The van der Waals surface area contributed by atoms with Crippen LogP contribution in [0.5, 0.6) is 0 Å². The van der Waals surface area contributed by atoms with Crippen molar-refractivity contribution in [2.24, 2.45) is 5.10 Å². The molecule has 2 rings (SSSR count). The number of hydrazone groups is 1. The summed E-state index contributed by atoms with van der Waals surface area (Å²) in [5, 5.41) is 14.5. The molecular weight excluding hydrogens is 372 g/mol. The minimum absolute atomic E-state index is 0.106. The summed E-state index contributed by atoms with van der Waals surface area (Å²) in [5.41, 5.74) is 2.92. The predicted molar refractivity (Wildman–Crippen MR) is 102 cm³/mol. The SMILES string of the molecule is C[C@@H](C(=O)N/N=C\c1cccc([N+](=O)[O-])c1)N(c1ccccc1)S(C)(=O)=O. The van der Waals surface area contributed by atoms with Gasteiger partial charge in [0.05, 0.1) is 23.1 Å². The summed E-state index contributed by atoms with van der Waals surface area (Å²) >= 11 is 0. The maximum atomic E-state index is 12.3. The van der Waals surface area contributed by atoms with Crippen molar-refractivity contribution in [1.82, 2.24) is 5.43 Å². The number of amides is 1. The van der Waals surface area contributed by atoms with E-state index in [1.54, 1.807) is 36.4 Å². The minimum atomic E-state index is -3.71. The monoisotopic (exact) mass is 390 g/mol. The summed E-state index contributed by atoms with van der Waals surface area (Å²) in [6.07, 6.45) is 2.25. The normalized spacial score (nSPS) is 12.5. The predicted octanol–water partition coefficient (Wildman–Crippen LogP) is 1.90. The molecule has 0 saturated carbocycles. The van der Waals surface area contributed by atoms with Crippen LogP contribution in [0.15, 0.2) is 59.7 Å².